The van der Waals surface area contributed by atoms with E-state index in [1.165, 1.54) is 0 Å². The van der Waals surface area contributed by atoms with Crippen molar-refractivity contribution >= 4 is 11.7 Å². The maximum atomic E-state index is 12.4. The molecule has 1 amide bonds. The molecule has 1 unspecified atom stereocenters. The molecule has 1 aromatic heterocycles. The predicted octanol–water partition coefficient (Wildman–Crippen LogP) is 2.78. The van der Waals surface area contributed by atoms with Gasteiger partial charge in [-0.15, -0.1) is 0 Å². The number of carbonyl (C=O) groups is 1. The van der Waals surface area contributed by atoms with Crippen molar-refractivity contribution in [2.24, 2.45) is 5.92 Å². The molecule has 2 heterocycles. The molecule has 1 N–H and O–H groups in total. The summed E-state index contributed by atoms with van der Waals surface area (Å²) >= 11 is 0. The first-order valence-electron chi connectivity index (χ1n) is 7.24. The lowest BCUT2D eigenvalue weighted by Crippen LogP contribution is -2.29. The first-order valence-corrected chi connectivity index (χ1v) is 7.24. The van der Waals surface area contributed by atoms with Gasteiger partial charge in [-0.05, 0) is 30.9 Å². The van der Waals surface area contributed by atoms with Crippen molar-refractivity contribution in [3.8, 4) is 0 Å². The highest BCUT2D eigenvalue weighted by Crippen LogP contribution is 2.20. The third-order valence-electron chi connectivity index (χ3n) is 3.67. The maximum absolute atomic E-state index is 12.4. The lowest BCUT2D eigenvalue weighted by molar-refractivity contribution is 0.0781. The first kappa shape index (κ1) is 13.8. The first-order chi connectivity index (χ1) is 9.24. The van der Waals surface area contributed by atoms with Gasteiger partial charge in [-0.3, -0.25) is 4.79 Å². The van der Waals surface area contributed by atoms with E-state index in [0.717, 1.165) is 44.7 Å². The monoisotopic (exact) mass is 261 g/mol. The Kier molecular flexibility index (Phi) is 4.77. The second-order valence-corrected chi connectivity index (χ2v) is 5.15. The molecular formula is C15H23N3O. The van der Waals surface area contributed by atoms with Gasteiger partial charge in [-0.25, -0.2) is 4.98 Å². The van der Waals surface area contributed by atoms with E-state index in [1.54, 1.807) is 6.07 Å². The minimum Gasteiger partial charge on any atom is -0.370 e. The summed E-state index contributed by atoms with van der Waals surface area (Å²) in [6.07, 6.45) is 3.31. The van der Waals surface area contributed by atoms with Crippen LogP contribution in [0.4, 0.5) is 5.82 Å². The predicted molar refractivity (Wildman–Crippen MR) is 77.3 cm³/mol. The molecule has 1 aliphatic heterocycles. The molecule has 1 fully saturated rings. The summed E-state index contributed by atoms with van der Waals surface area (Å²) in [7, 11) is 0. The Morgan fingerprint density at radius 3 is 3.00 bits per heavy atom. The average molecular weight is 261 g/mol. The van der Waals surface area contributed by atoms with E-state index in [2.05, 4.69) is 24.1 Å². The summed E-state index contributed by atoms with van der Waals surface area (Å²) in [4.78, 5) is 18.7. The summed E-state index contributed by atoms with van der Waals surface area (Å²) in [6, 6.07) is 5.61. The Morgan fingerprint density at radius 2 is 2.32 bits per heavy atom. The fraction of sp³-hybridized carbons (Fsp3) is 0.600. The molecule has 1 saturated heterocycles. The number of pyridine rings is 1. The third-order valence-corrected chi connectivity index (χ3v) is 3.67. The van der Waals surface area contributed by atoms with Crippen molar-refractivity contribution in [1.82, 2.24) is 9.88 Å². The molecule has 0 saturated carbocycles. The molecule has 0 aliphatic carbocycles. The highest BCUT2D eigenvalue weighted by Gasteiger charge is 2.26. The number of anilines is 1. The summed E-state index contributed by atoms with van der Waals surface area (Å²) < 4.78 is 0. The number of nitrogens with zero attached hydrogens (tertiary/aromatic N) is 2. The number of aromatic nitrogens is 1. The van der Waals surface area contributed by atoms with Crippen molar-refractivity contribution in [3.05, 3.63) is 23.9 Å². The van der Waals surface area contributed by atoms with Gasteiger partial charge in [0.05, 0.1) is 0 Å². The number of likely N-dealkylation sites (tertiary alicyclic amines) is 1. The number of carbonyl (C=O) groups excluding carboxylic acids is 1. The lowest BCUT2D eigenvalue weighted by Gasteiger charge is -2.16. The summed E-state index contributed by atoms with van der Waals surface area (Å²) in [5.74, 6) is 1.51. The number of hydrogen-bond donors (Lipinski definition) is 1. The van der Waals surface area contributed by atoms with Crippen LogP contribution >= 0.6 is 0 Å². The van der Waals surface area contributed by atoms with Crippen molar-refractivity contribution < 1.29 is 4.79 Å². The SMILES string of the molecule is CCCNc1cccc(C(=O)N2CCC(CC)C2)n1. The molecule has 0 bridgehead atoms. The van der Waals surface area contributed by atoms with Crippen LogP contribution < -0.4 is 5.32 Å². The van der Waals surface area contributed by atoms with Gasteiger partial charge in [0, 0.05) is 19.6 Å². The van der Waals surface area contributed by atoms with Crippen LogP contribution in [0.2, 0.25) is 0 Å². The second-order valence-electron chi connectivity index (χ2n) is 5.15. The Hall–Kier alpha value is -1.58. The van der Waals surface area contributed by atoms with Crippen LogP contribution in [0.15, 0.2) is 18.2 Å². The van der Waals surface area contributed by atoms with Crippen LogP contribution in [-0.2, 0) is 0 Å². The van der Waals surface area contributed by atoms with E-state index in [9.17, 15) is 4.79 Å². The van der Waals surface area contributed by atoms with Crippen LogP contribution in [0.3, 0.4) is 0 Å². The van der Waals surface area contributed by atoms with Crippen LogP contribution in [0.1, 0.15) is 43.6 Å². The molecule has 0 spiro atoms. The van der Waals surface area contributed by atoms with Gasteiger partial charge >= 0.3 is 0 Å². The van der Waals surface area contributed by atoms with Gasteiger partial charge in [0.25, 0.3) is 5.91 Å². The van der Waals surface area contributed by atoms with Gasteiger partial charge in [0.15, 0.2) is 0 Å². The van der Waals surface area contributed by atoms with Gasteiger partial charge in [0.2, 0.25) is 0 Å². The van der Waals surface area contributed by atoms with Crippen LogP contribution in [-0.4, -0.2) is 35.4 Å². The van der Waals surface area contributed by atoms with Crippen molar-refractivity contribution in [3.63, 3.8) is 0 Å². The smallest absolute Gasteiger partial charge is 0.272 e. The minimum atomic E-state index is 0.0658. The number of hydrogen-bond acceptors (Lipinski definition) is 3. The Bertz CT molecular complexity index is 433. The quantitative estimate of drug-likeness (QED) is 0.886. The van der Waals surface area contributed by atoms with Gasteiger partial charge in [-0.1, -0.05) is 26.3 Å². The molecule has 4 nitrogen and oxygen atoms in total. The number of amides is 1. The van der Waals surface area contributed by atoms with Crippen LogP contribution in [0.25, 0.3) is 0 Å². The molecule has 0 aromatic carbocycles. The molecule has 0 radical (unpaired) electrons. The van der Waals surface area contributed by atoms with Gasteiger partial charge in [-0.2, -0.15) is 0 Å². The lowest BCUT2D eigenvalue weighted by atomic mass is 10.1. The fourth-order valence-electron chi connectivity index (χ4n) is 2.42. The zero-order valence-electron chi connectivity index (χ0n) is 11.9. The van der Waals surface area contributed by atoms with E-state index in [1.807, 2.05) is 17.0 Å². The zero-order chi connectivity index (χ0) is 13.7. The minimum absolute atomic E-state index is 0.0658. The van der Waals surface area contributed by atoms with Gasteiger partial charge < -0.3 is 10.2 Å². The standard InChI is InChI=1S/C15H23N3O/c1-3-9-16-14-7-5-6-13(17-14)15(19)18-10-8-12(4-2)11-18/h5-7,12H,3-4,8-11H2,1-2H3,(H,16,17). The topological polar surface area (TPSA) is 45.2 Å². The molecule has 1 aromatic rings. The number of rotatable bonds is 5. The molecule has 104 valence electrons. The van der Waals surface area contributed by atoms with Crippen LogP contribution in [0.5, 0.6) is 0 Å². The van der Waals surface area contributed by atoms with E-state index < -0.39 is 0 Å². The Labute approximate surface area is 115 Å². The highest BCUT2D eigenvalue weighted by atomic mass is 16.2. The second kappa shape index (κ2) is 6.55. The van der Waals surface area contributed by atoms with E-state index in [-0.39, 0.29) is 5.91 Å². The van der Waals surface area contributed by atoms with E-state index in [0.29, 0.717) is 11.6 Å². The molecule has 1 aliphatic rings. The molecule has 1 atom stereocenters. The fourth-order valence-corrected chi connectivity index (χ4v) is 2.42. The summed E-state index contributed by atoms with van der Waals surface area (Å²) in [5.41, 5.74) is 0.554. The van der Waals surface area contributed by atoms with E-state index in [4.69, 9.17) is 0 Å². The molecule has 4 heteroatoms. The molecule has 2 rings (SSSR count). The molecule has 19 heavy (non-hydrogen) atoms. The third kappa shape index (κ3) is 3.46. The largest absolute Gasteiger partial charge is 0.370 e. The Balaban J connectivity index is 2.02. The average Bonchev–Trinajstić information content (AvgIpc) is 2.93. The maximum Gasteiger partial charge on any atom is 0.272 e. The van der Waals surface area contributed by atoms with Crippen LogP contribution in [0, 0.1) is 5.92 Å². The van der Waals surface area contributed by atoms with Gasteiger partial charge in [0.1, 0.15) is 11.5 Å². The van der Waals surface area contributed by atoms with E-state index >= 15 is 0 Å². The zero-order valence-corrected chi connectivity index (χ0v) is 11.9. The Morgan fingerprint density at radius 1 is 1.47 bits per heavy atom. The highest BCUT2D eigenvalue weighted by molar-refractivity contribution is 5.92. The summed E-state index contributed by atoms with van der Waals surface area (Å²) in [6.45, 7) is 6.92. The normalized spacial score (nSPS) is 18.6. The van der Waals surface area contributed by atoms with Crippen molar-refractivity contribution in [1.29, 1.82) is 0 Å². The van der Waals surface area contributed by atoms with Crippen molar-refractivity contribution in [2.45, 2.75) is 33.1 Å². The number of nitrogens with one attached hydrogen (secondary N) is 1. The molecular weight excluding hydrogens is 238 g/mol. The summed E-state index contributed by atoms with van der Waals surface area (Å²) in [5, 5.41) is 3.22. The van der Waals surface area contributed by atoms with Crippen molar-refractivity contribution in [2.75, 3.05) is 25.0 Å².